The van der Waals surface area contributed by atoms with Crippen LogP contribution in [-0.2, 0) is 18.4 Å². The first-order valence-electron chi connectivity index (χ1n) is 6.24. The lowest BCUT2D eigenvalue weighted by molar-refractivity contribution is -0.136. The van der Waals surface area contributed by atoms with Gasteiger partial charge in [0.2, 0.25) is 16.6 Å². The molecule has 0 unspecified atom stereocenters. The van der Waals surface area contributed by atoms with Crippen molar-refractivity contribution in [2.45, 2.75) is 46.2 Å². The first-order valence-corrected chi connectivity index (χ1v) is 13.1. The Morgan fingerprint density at radius 3 is 1.68 bits per heavy atom. The molecule has 110 valence electrons. The first-order chi connectivity index (χ1) is 8.37. The van der Waals surface area contributed by atoms with Crippen LogP contribution in [0.25, 0.3) is 0 Å². The van der Waals surface area contributed by atoms with Gasteiger partial charge in [0.1, 0.15) is 11.3 Å². The van der Waals surface area contributed by atoms with Gasteiger partial charge in [0, 0.05) is 0 Å². The van der Waals surface area contributed by atoms with Gasteiger partial charge in [-0.25, -0.2) is 4.79 Å². The summed E-state index contributed by atoms with van der Waals surface area (Å²) in [5.74, 6) is 0.384. The van der Waals surface area contributed by atoms with E-state index in [1.165, 1.54) is 7.11 Å². The Kier molecular flexibility index (Phi) is 6.08. The number of methoxy groups -OCH3 is 1. The van der Waals surface area contributed by atoms with Crippen LogP contribution in [0.2, 0.25) is 39.3 Å². The summed E-state index contributed by atoms with van der Waals surface area (Å²) in [5, 5.41) is 0. The molecule has 0 radical (unpaired) electrons. The molecule has 0 bridgehead atoms. The van der Waals surface area contributed by atoms with Gasteiger partial charge in [-0.3, -0.25) is 0 Å². The SMILES string of the molecule is C=C(O[Si](C)(C)C)/C(C(=O)OC)=C(/C)O[Si](C)(C)C. The molecular weight excluding hydrogens is 276 g/mol. The minimum absolute atomic E-state index is 0.298. The molecule has 0 rings (SSSR count). The van der Waals surface area contributed by atoms with Gasteiger partial charge < -0.3 is 13.6 Å². The van der Waals surface area contributed by atoms with Gasteiger partial charge >= 0.3 is 5.97 Å². The number of allylic oxidation sites excluding steroid dienone is 1. The van der Waals surface area contributed by atoms with Crippen molar-refractivity contribution in [1.82, 2.24) is 0 Å². The Hall–Kier alpha value is -1.02. The predicted octanol–water partition coefficient (Wildman–Crippen LogP) is 3.65. The molecule has 0 amide bonds. The smallest absolute Gasteiger partial charge is 0.344 e. The van der Waals surface area contributed by atoms with Crippen LogP contribution >= 0.6 is 0 Å². The normalized spacial score (nSPS) is 13.5. The fraction of sp³-hybridized carbons (Fsp3) is 0.615. The lowest BCUT2D eigenvalue weighted by atomic mass is 10.2. The van der Waals surface area contributed by atoms with E-state index < -0.39 is 22.6 Å². The van der Waals surface area contributed by atoms with Crippen LogP contribution < -0.4 is 0 Å². The van der Waals surface area contributed by atoms with E-state index in [4.69, 9.17) is 13.6 Å². The van der Waals surface area contributed by atoms with Gasteiger partial charge in [-0.05, 0) is 46.2 Å². The summed E-state index contributed by atoms with van der Waals surface area (Å²) >= 11 is 0. The summed E-state index contributed by atoms with van der Waals surface area (Å²) in [6.45, 7) is 17.8. The molecule has 0 fully saturated rings. The van der Waals surface area contributed by atoms with Crippen molar-refractivity contribution in [2.75, 3.05) is 7.11 Å². The van der Waals surface area contributed by atoms with Crippen molar-refractivity contribution in [3.63, 3.8) is 0 Å². The molecule has 19 heavy (non-hydrogen) atoms. The van der Waals surface area contributed by atoms with E-state index in [1.807, 2.05) is 39.3 Å². The van der Waals surface area contributed by atoms with Gasteiger partial charge in [0.05, 0.1) is 12.9 Å². The van der Waals surface area contributed by atoms with Crippen LogP contribution in [0.3, 0.4) is 0 Å². The standard InChI is InChI=1S/C13H26O4Si2/c1-10(16-18(4,5)6)12(13(14)15-3)11(2)17-19(7,8)9/h1H2,2-9H3/b12-11+. The molecule has 0 aliphatic heterocycles. The zero-order valence-electron chi connectivity index (χ0n) is 13.3. The third kappa shape index (κ3) is 7.22. The largest absolute Gasteiger partial charge is 0.547 e. The third-order valence-electron chi connectivity index (χ3n) is 1.91. The van der Waals surface area contributed by atoms with Gasteiger partial charge in [0.15, 0.2) is 0 Å². The van der Waals surface area contributed by atoms with Crippen molar-refractivity contribution in [1.29, 1.82) is 0 Å². The van der Waals surface area contributed by atoms with Gasteiger partial charge in [0.25, 0.3) is 0 Å². The highest BCUT2D eigenvalue weighted by Crippen LogP contribution is 2.23. The number of carbonyl (C=O) groups is 1. The number of carbonyl (C=O) groups excluding carboxylic acids is 1. The topological polar surface area (TPSA) is 44.8 Å². The average Bonchev–Trinajstić information content (AvgIpc) is 2.11. The molecule has 0 heterocycles. The average molecular weight is 303 g/mol. The van der Waals surface area contributed by atoms with E-state index in [2.05, 4.69) is 6.58 Å². The van der Waals surface area contributed by atoms with Crippen LogP contribution in [0.1, 0.15) is 6.92 Å². The highest BCUT2D eigenvalue weighted by Gasteiger charge is 2.27. The number of rotatable bonds is 6. The maximum atomic E-state index is 11.9. The lowest BCUT2D eigenvalue weighted by Gasteiger charge is -2.25. The second kappa shape index (κ2) is 6.43. The Morgan fingerprint density at radius 2 is 1.37 bits per heavy atom. The summed E-state index contributed by atoms with van der Waals surface area (Å²) in [5.41, 5.74) is 0.298. The Bertz CT molecular complexity index is 386. The molecule has 0 aromatic rings. The Morgan fingerprint density at radius 1 is 0.947 bits per heavy atom. The number of ether oxygens (including phenoxy) is 1. The molecule has 0 atom stereocenters. The van der Waals surface area contributed by atoms with Crippen LogP contribution in [0, 0.1) is 0 Å². The molecule has 0 saturated carbocycles. The molecule has 0 saturated heterocycles. The summed E-state index contributed by atoms with van der Waals surface area (Å²) < 4.78 is 16.4. The fourth-order valence-electron chi connectivity index (χ4n) is 1.49. The maximum Gasteiger partial charge on any atom is 0.344 e. The Balaban J connectivity index is 5.39. The van der Waals surface area contributed by atoms with Crippen LogP contribution in [0.5, 0.6) is 0 Å². The molecule has 0 aliphatic rings. The zero-order chi connectivity index (χ0) is 15.4. The predicted molar refractivity (Wildman–Crippen MR) is 82.7 cm³/mol. The second-order valence-corrected chi connectivity index (χ2v) is 15.1. The second-order valence-electron chi connectivity index (χ2n) is 6.27. The van der Waals surface area contributed by atoms with E-state index >= 15 is 0 Å². The van der Waals surface area contributed by atoms with E-state index in [0.717, 1.165) is 0 Å². The number of hydrogen-bond donors (Lipinski definition) is 0. The van der Waals surface area contributed by atoms with Gasteiger partial charge in [-0.2, -0.15) is 0 Å². The van der Waals surface area contributed by atoms with E-state index in [0.29, 0.717) is 17.1 Å². The Labute approximate surface area is 118 Å². The molecule has 6 heteroatoms. The summed E-state index contributed by atoms with van der Waals surface area (Å²) in [4.78, 5) is 11.9. The lowest BCUT2D eigenvalue weighted by Crippen LogP contribution is -2.29. The maximum absolute atomic E-state index is 11.9. The van der Waals surface area contributed by atoms with E-state index in [-0.39, 0.29) is 0 Å². The monoisotopic (exact) mass is 302 g/mol. The summed E-state index contributed by atoms with van der Waals surface area (Å²) in [6, 6.07) is 0. The minimum Gasteiger partial charge on any atom is -0.547 e. The fourth-order valence-corrected chi connectivity index (χ4v) is 3.35. The van der Waals surface area contributed by atoms with Crippen LogP contribution in [0.15, 0.2) is 23.7 Å². The van der Waals surface area contributed by atoms with Gasteiger partial charge in [-0.1, -0.05) is 6.58 Å². The molecule has 4 nitrogen and oxygen atoms in total. The third-order valence-corrected chi connectivity index (χ3v) is 3.69. The number of esters is 1. The van der Waals surface area contributed by atoms with Crippen LogP contribution in [-0.4, -0.2) is 29.7 Å². The summed E-state index contributed by atoms with van der Waals surface area (Å²) in [6.07, 6.45) is 0. The summed E-state index contributed by atoms with van der Waals surface area (Å²) in [7, 11) is -2.29. The van der Waals surface area contributed by atoms with Crippen molar-refractivity contribution in [3.05, 3.63) is 23.7 Å². The van der Waals surface area contributed by atoms with Crippen LogP contribution in [0.4, 0.5) is 0 Å². The molecule has 0 aromatic heterocycles. The van der Waals surface area contributed by atoms with E-state index in [9.17, 15) is 4.79 Å². The first kappa shape index (κ1) is 18.0. The van der Waals surface area contributed by atoms with Crippen molar-refractivity contribution in [3.8, 4) is 0 Å². The zero-order valence-corrected chi connectivity index (χ0v) is 15.3. The molecule has 0 spiro atoms. The van der Waals surface area contributed by atoms with Gasteiger partial charge in [-0.15, -0.1) is 0 Å². The highest BCUT2D eigenvalue weighted by molar-refractivity contribution is 6.70. The highest BCUT2D eigenvalue weighted by atomic mass is 28.4. The van der Waals surface area contributed by atoms with E-state index in [1.54, 1.807) is 6.92 Å². The molecule has 0 aliphatic carbocycles. The van der Waals surface area contributed by atoms with Crippen molar-refractivity contribution < 1.29 is 18.4 Å². The minimum atomic E-state index is -1.83. The van der Waals surface area contributed by atoms with Crippen molar-refractivity contribution in [2.24, 2.45) is 0 Å². The molecule has 0 aromatic carbocycles. The van der Waals surface area contributed by atoms with Crippen molar-refractivity contribution >= 4 is 22.6 Å². The number of hydrogen-bond acceptors (Lipinski definition) is 4. The quantitative estimate of drug-likeness (QED) is 0.247. The molecular formula is C13H26O4Si2. The molecule has 0 N–H and O–H groups in total.